The van der Waals surface area contributed by atoms with Crippen molar-refractivity contribution in [2.24, 2.45) is 5.73 Å². The highest BCUT2D eigenvalue weighted by Gasteiger charge is 2.36. The number of nitrogens with two attached hydrogens (primary N) is 1. The summed E-state index contributed by atoms with van der Waals surface area (Å²) in [5, 5.41) is 0. The van der Waals surface area contributed by atoms with Gasteiger partial charge in [0.1, 0.15) is 11.4 Å². The van der Waals surface area contributed by atoms with E-state index in [0.717, 1.165) is 5.56 Å². The zero-order chi connectivity index (χ0) is 14.9. The standard InChI is InChI=1S/C15H21FN2O2/c1-15(2,3)20-14(19)18-8-12(13(17)9-18)10-5-4-6-11(16)7-10/h4-7,12-13H,8-9,17H2,1-3H3/t12-,13-/m0/s1. The second-order valence-electron chi connectivity index (χ2n) is 6.21. The maximum absolute atomic E-state index is 13.3. The molecule has 1 aromatic carbocycles. The van der Waals surface area contributed by atoms with Crippen molar-refractivity contribution >= 4 is 6.09 Å². The lowest BCUT2D eigenvalue weighted by molar-refractivity contribution is 0.0290. The molecular formula is C15H21FN2O2. The minimum Gasteiger partial charge on any atom is -0.444 e. The lowest BCUT2D eigenvalue weighted by Crippen LogP contribution is -2.36. The van der Waals surface area contributed by atoms with Crippen LogP contribution in [0.25, 0.3) is 0 Å². The Morgan fingerprint density at radius 2 is 2.10 bits per heavy atom. The summed E-state index contributed by atoms with van der Waals surface area (Å²) in [6, 6.07) is 6.17. The van der Waals surface area contributed by atoms with E-state index in [-0.39, 0.29) is 23.9 Å². The van der Waals surface area contributed by atoms with Gasteiger partial charge in [0, 0.05) is 25.0 Å². The zero-order valence-corrected chi connectivity index (χ0v) is 12.1. The van der Waals surface area contributed by atoms with Crippen molar-refractivity contribution in [2.75, 3.05) is 13.1 Å². The molecule has 2 atom stereocenters. The molecule has 0 bridgehead atoms. The molecule has 0 saturated carbocycles. The Labute approximate surface area is 118 Å². The zero-order valence-electron chi connectivity index (χ0n) is 12.1. The molecular weight excluding hydrogens is 259 g/mol. The van der Waals surface area contributed by atoms with E-state index in [1.807, 2.05) is 26.8 Å². The van der Waals surface area contributed by atoms with E-state index in [9.17, 15) is 9.18 Å². The van der Waals surface area contributed by atoms with Crippen LogP contribution in [-0.2, 0) is 4.74 Å². The molecule has 4 nitrogen and oxygen atoms in total. The fourth-order valence-corrected chi connectivity index (χ4v) is 2.39. The average Bonchev–Trinajstić information content (AvgIpc) is 2.69. The molecule has 0 aliphatic carbocycles. The number of likely N-dealkylation sites (tertiary alicyclic amines) is 1. The van der Waals surface area contributed by atoms with Gasteiger partial charge in [-0.3, -0.25) is 0 Å². The second-order valence-corrected chi connectivity index (χ2v) is 6.21. The van der Waals surface area contributed by atoms with Gasteiger partial charge in [-0.15, -0.1) is 0 Å². The number of hydrogen-bond donors (Lipinski definition) is 1. The molecule has 0 unspecified atom stereocenters. The predicted octanol–water partition coefficient (Wildman–Crippen LogP) is 2.49. The van der Waals surface area contributed by atoms with Crippen LogP contribution in [0.5, 0.6) is 0 Å². The van der Waals surface area contributed by atoms with Gasteiger partial charge in [0.25, 0.3) is 0 Å². The molecule has 20 heavy (non-hydrogen) atoms. The summed E-state index contributed by atoms with van der Waals surface area (Å²) in [7, 11) is 0. The Bertz CT molecular complexity index is 499. The molecule has 1 amide bonds. The summed E-state index contributed by atoms with van der Waals surface area (Å²) in [4.78, 5) is 13.6. The van der Waals surface area contributed by atoms with Crippen molar-refractivity contribution in [1.82, 2.24) is 4.90 Å². The summed E-state index contributed by atoms with van der Waals surface area (Å²) < 4.78 is 18.6. The van der Waals surface area contributed by atoms with Crippen molar-refractivity contribution in [2.45, 2.75) is 38.3 Å². The number of rotatable bonds is 1. The van der Waals surface area contributed by atoms with Crippen molar-refractivity contribution in [3.63, 3.8) is 0 Å². The summed E-state index contributed by atoms with van der Waals surface area (Å²) >= 11 is 0. The van der Waals surface area contributed by atoms with Gasteiger partial charge < -0.3 is 15.4 Å². The first-order chi connectivity index (χ1) is 9.26. The molecule has 1 aliphatic heterocycles. The van der Waals surface area contributed by atoms with Crippen LogP contribution < -0.4 is 5.73 Å². The van der Waals surface area contributed by atoms with Crippen molar-refractivity contribution in [3.05, 3.63) is 35.6 Å². The third kappa shape index (κ3) is 3.48. The van der Waals surface area contributed by atoms with E-state index >= 15 is 0 Å². The van der Waals surface area contributed by atoms with Crippen LogP contribution in [-0.4, -0.2) is 35.7 Å². The molecule has 0 radical (unpaired) electrons. The Hall–Kier alpha value is -1.62. The van der Waals surface area contributed by atoms with E-state index in [4.69, 9.17) is 10.5 Å². The first kappa shape index (κ1) is 14.8. The third-order valence-electron chi connectivity index (χ3n) is 3.29. The summed E-state index contributed by atoms with van der Waals surface area (Å²) in [6.45, 7) is 6.36. The first-order valence-electron chi connectivity index (χ1n) is 6.75. The van der Waals surface area contributed by atoms with Gasteiger partial charge in [0.2, 0.25) is 0 Å². The lowest BCUT2D eigenvalue weighted by atomic mass is 9.95. The summed E-state index contributed by atoms with van der Waals surface area (Å²) in [5.41, 5.74) is 6.37. The van der Waals surface area contributed by atoms with Crippen LogP contribution in [0.4, 0.5) is 9.18 Å². The van der Waals surface area contributed by atoms with Gasteiger partial charge in [0.15, 0.2) is 0 Å². The minimum absolute atomic E-state index is 0.0572. The van der Waals surface area contributed by atoms with Gasteiger partial charge in [0.05, 0.1) is 0 Å². The Kier molecular flexibility index (Phi) is 3.99. The minimum atomic E-state index is -0.530. The van der Waals surface area contributed by atoms with E-state index in [0.29, 0.717) is 13.1 Å². The maximum Gasteiger partial charge on any atom is 0.410 e. The number of ether oxygens (including phenoxy) is 1. The fraction of sp³-hybridized carbons (Fsp3) is 0.533. The first-order valence-corrected chi connectivity index (χ1v) is 6.75. The van der Waals surface area contributed by atoms with E-state index in [2.05, 4.69) is 0 Å². The van der Waals surface area contributed by atoms with Crippen molar-refractivity contribution in [3.8, 4) is 0 Å². The quantitative estimate of drug-likeness (QED) is 0.860. The highest BCUT2D eigenvalue weighted by atomic mass is 19.1. The van der Waals surface area contributed by atoms with Crippen LogP contribution in [0.3, 0.4) is 0 Å². The predicted molar refractivity (Wildman–Crippen MR) is 74.9 cm³/mol. The number of carbonyl (C=O) groups excluding carboxylic acids is 1. The molecule has 5 heteroatoms. The van der Waals surface area contributed by atoms with Gasteiger partial charge in [-0.2, -0.15) is 0 Å². The van der Waals surface area contributed by atoms with E-state index in [1.54, 1.807) is 11.0 Å². The van der Waals surface area contributed by atoms with Gasteiger partial charge >= 0.3 is 6.09 Å². The number of nitrogens with zero attached hydrogens (tertiary/aromatic N) is 1. The normalized spacial score (nSPS) is 22.9. The molecule has 1 aliphatic rings. The largest absolute Gasteiger partial charge is 0.444 e. The van der Waals surface area contributed by atoms with Gasteiger partial charge in [-0.1, -0.05) is 12.1 Å². The van der Waals surface area contributed by atoms with Crippen LogP contribution in [0.2, 0.25) is 0 Å². The van der Waals surface area contributed by atoms with Gasteiger partial charge in [-0.25, -0.2) is 9.18 Å². The van der Waals surface area contributed by atoms with Crippen LogP contribution in [0.15, 0.2) is 24.3 Å². The SMILES string of the molecule is CC(C)(C)OC(=O)N1C[C@H](N)[C@H](c2cccc(F)c2)C1. The maximum atomic E-state index is 13.3. The molecule has 1 heterocycles. The number of carbonyl (C=O) groups is 1. The van der Waals surface area contributed by atoms with Crippen LogP contribution in [0.1, 0.15) is 32.3 Å². The third-order valence-corrected chi connectivity index (χ3v) is 3.29. The van der Waals surface area contributed by atoms with Crippen LogP contribution in [0, 0.1) is 5.82 Å². The molecule has 0 aromatic heterocycles. The number of benzene rings is 1. The molecule has 2 rings (SSSR count). The molecule has 110 valence electrons. The van der Waals surface area contributed by atoms with E-state index in [1.165, 1.54) is 12.1 Å². The van der Waals surface area contributed by atoms with Crippen LogP contribution >= 0.6 is 0 Å². The molecule has 1 saturated heterocycles. The second kappa shape index (κ2) is 5.40. The highest BCUT2D eigenvalue weighted by Crippen LogP contribution is 2.28. The monoisotopic (exact) mass is 280 g/mol. The fourth-order valence-electron chi connectivity index (χ4n) is 2.39. The molecule has 0 spiro atoms. The Balaban J connectivity index is 2.07. The molecule has 2 N–H and O–H groups in total. The van der Waals surface area contributed by atoms with Crippen molar-refractivity contribution < 1.29 is 13.9 Å². The topological polar surface area (TPSA) is 55.6 Å². The average molecular weight is 280 g/mol. The lowest BCUT2D eigenvalue weighted by Gasteiger charge is -2.24. The van der Waals surface area contributed by atoms with Gasteiger partial charge in [-0.05, 0) is 38.5 Å². The molecule has 1 aromatic rings. The summed E-state index contributed by atoms with van der Waals surface area (Å²) in [6.07, 6.45) is -0.369. The molecule has 1 fully saturated rings. The van der Waals surface area contributed by atoms with Crippen molar-refractivity contribution in [1.29, 1.82) is 0 Å². The highest BCUT2D eigenvalue weighted by molar-refractivity contribution is 5.69. The van der Waals surface area contributed by atoms with E-state index < -0.39 is 5.60 Å². The Morgan fingerprint density at radius 3 is 2.70 bits per heavy atom. The number of amides is 1. The number of halogens is 1. The smallest absolute Gasteiger partial charge is 0.410 e. The summed E-state index contributed by atoms with van der Waals surface area (Å²) in [5.74, 6) is -0.344. The number of hydrogen-bond acceptors (Lipinski definition) is 3. The Morgan fingerprint density at radius 1 is 1.40 bits per heavy atom.